The molecule has 2 rings (SSSR count). The van der Waals surface area contributed by atoms with Crippen LogP contribution < -0.4 is 10.6 Å². The second-order valence-corrected chi connectivity index (χ2v) is 5.53. The van der Waals surface area contributed by atoms with E-state index < -0.39 is 0 Å². The molecule has 2 aromatic rings. The molecule has 1 aromatic heterocycles. The van der Waals surface area contributed by atoms with Crippen molar-refractivity contribution in [3.63, 3.8) is 0 Å². The Morgan fingerprint density at radius 3 is 2.77 bits per heavy atom. The number of halogens is 2. The average Bonchev–Trinajstić information content (AvgIpc) is 2.88. The molecular weight excluding hydrogens is 325 g/mol. The molecule has 0 spiro atoms. The number of rotatable bonds is 4. The standard InChI is InChI=1S/C14H17Cl2N5O/c1-8(11-5-4-10(15)6-12(11)16)19-14(17-3)18-7-13-20-9(2)22-21-13/h4-6,8H,7H2,1-3H3,(H2,17,18,19). The van der Waals surface area contributed by atoms with Crippen LogP contribution in [-0.4, -0.2) is 23.1 Å². The Bertz CT molecular complexity index is 671. The second kappa shape index (κ2) is 7.47. The summed E-state index contributed by atoms with van der Waals surface area (Å²) in [5.41, 5.74) is 0.935. The van der Waals surface area contributed by atoms with E-state index >= 15 is 0 Å². The molecule has 0 fully saturated rings. The van der Waals surface area contributed by atoms with E-state index in [0.717, 1.165) is 5.56 Å². The predicted molar refractivity (Wildman–Crippen MR) is 87.2 cm³/mol. The molecule has 6 nitrogen and oxygen atoms in total. The zero-order valence-corrected chi connectivity index (χ0v) is 14.0. The van der Waals surface area contributed by atoms with Gasteiger partial charge in [0, 0.05) is 24.0 Å². The molecule has 1 atom stereocenters. The third-order valence-corrected chi connectivity index (χ3v) is 3.55. The van der Waals surface area contributed by atoms with Gasteiger partial charge in [0.25, 0.3) is 0 Å². The lowest BCUT2D eigenvalue weighted by Crippen LogP contribution is -2.38. The highest BCUT2D eigenvalue weighted by atomic mass is 35.5. The van der Waals surface area contributed by atoms with Crippen LogP contribution >= 0.6 is 23.2 Å². The molecular formula is C14H17Cl2N5O. The monoisotopic (exact) mass is 341 g/mol. The number of guanidine groups is 1. The third-order valence-electron chi connectivity index (χ3n) is 2.99. The van der Waals surface area contributed by atoms with Gasteiger partial charge in [0.15, 0.2) is 11.8 Å². The number of hydrogen-bond acceptors (Lipinski definition) is 4. The highest BCUT2D eigenvalue weighted by Gasteiger charge is 2.12. The van der Waals surface area contributed by atoms with Gasteiger partial charge in [0.05, 0.1) is 12.6 Å². The summed E-state index contributed by atoms with van der Waals surface area (Å²) in [6.07, 6.45) is 0. The van der Waals surface area contributed by atoms with E-state index in [0.29, 0.717) is 34.3 Å². The quantitative estimate of drug-likeness (QED) is 0.660. The summed E-state index contributed by atoms with van der Waals surface area (Å²) < 4.78 is 4.92. The van der Waals surface area contributed by atoms with Gasteiger partial charge in [-0.1, -0.05) is 34.4 Å². The van der Waals surface area contributed by atoms with Crippen LogP contribution in [0, 0.1) is 6.92 Å². The van der Waals surface area contributed by atoms with Crippen molar-refractivity contribution in [2.24, 2.45) is 4.99 Å². The van der Waals surface area contributed by atoms with Gasteiger partial charge in [0.2, 0.25) is 5.89 Å². The summed E-state index contributed by atoms with van der Waals surface area (Å²) >= 11 is 12.1. The maximum atomic E-state index is 6.21. The zero-order chi connectivity index (χ0) is 16.1. The number of aliphatic imine (C=N–C) groups is 1. The van der Waals surface area contributed by atoms with Crippen molar-refractivity contribution in [2.75, 3.05) is 7.05 Å². The maximum absolute atomic E-state index is 6.21. The van der Waals surface area contributed by atoms with Gasteiger partial charge >= 0.3 is 0 Å². The van der Waals surface area contributed by atoms with E-state index in [4.69, 9.17) is 27.7 Å². The molecule has 118 valence electrons. The van der Waals surface area contributed by atoms with Gasteiger partial charge in [-0.25, -0.2) is 0 Å². The Morgan fingerprint density at radius 2 is 2.18 bits per heavy atom. The van der Waals surface area contributed by atoms with Gasteiger partial charge in [-0.15, -0.1) is 0 Å². The van der Waals surface area contributed by atoms with Crippen LogP contribution in [0.5, 0.6) is 0 Å². The first kappa shape index (κ1) is 16.6. The number of benzene rings is 1. The van der Waals surface area contributed by atoms with Crippen molar-refractivity contribution in [3.8, 4) is 0 Å². The fourth-order valence-corrected chi connectivity index (χ4v) is 2.48. The van der Waals surface area contributed by atoms with E-state index in [1.165, 1.54) is 0 Å². The van der Waals surface area contributed by atoms with Gasteiger partial charge in [-0.05, 0) is 24.6 Å². The fraction of sp³-hybridized carbons (Fsp3) is 0.357. The summed E-state index contributed by atoms with van der Waals surface area (Å²) in [5, 5.41) is 11.4. The summed E-state index contributed by atoms with van der Waals surface area (Å²) in [6.45, 7) is 4.15. The van der Waals surface area contributed by atoms with Crippen LogP contribution in [0.3, 0.4) is 0 Å². The van der Waals surface area contributed by atoms with E-state index in [1.807, 2.05) is 13.0 Å². The first-order valence-corrected chi connectivity index (χ1v) is 7.46. The third kappa shape index (κ3) is 4.35. The molecule has 0 aliphatic carbocycles. The van der Waals surface area contributed by atoms with E-state index in [2.05, 4.69) is 25.8 Å². The Morgan fingerprint density at radius 1 is 1.41 bits per heavy atom. The molecule has 1 aromatic carbocycles. The molecule has 0 saturated carbocycles. The van der Waals surface area contributed by atoms with Gasteiger partial charge in [0.1, 0.15) is 0 Å². The second-order valence-electron chi connectivity index (χ2n) is 4.69. The van der Waals surface area contributed by atoms with Crippen molar-refractivity contribution >= 4 is 29.2 Å². The van der Waals surface area contributed by atoms with Crippen LogP contribution in [0.2, 0.25) is 10.0 Å². The Hall–Kier alpha value is -1.79. The minimum absolute atomic E-state index is 0.0389. The van der Waals surface area contributed by atoms with Gasteiger partial charge < -0.3 is 15.2 Å². The molecule has 1 unspecified atom stereocenters. The van der Waals surface area contributed by atoms with Crippen LogP contribution in [0.4, 0.5) is 0 Å². The van der Waals surface area contributed by atoms with Crippen molar-refractivity contribution in [1.29, 1.82) is 0 Å². The lowest BCUT2D eigenvalue weighted by Gasteiger charge is -2.19. The minimum atomic E-state index is -0.0389. The molecule has 0 aliphatic rings. The molecule has 0 bridgehead atoms. The molecule has 0 amide bonds. The highest BCUT2D eigenvalue weighted by molar-refractivity contribution is 6.35. The molecule has 1 heterocycles. The topological polar surface area (TPSA) is 75.3 Å². The maximum Gasteiger partial charge on any atom is 0.223 e. The number of nitrogens with one attached hydrogen (secondary N) is 2. The molecule has 8 heteroatoms. The predicted octanol–water partition coefficient (Wildman–Crippen LogP) is 3.11. The smallest absolute Gasteiger partial charge is 0.223 e. The molecule has 2 N–H and O–H groups in total. The largest absolute Gasteiger partial charge is 0.350 e. The lowest BCUT2D eigenvalue weighted by molar-refractivity contribution is 0.386. The van der Waals surface area contributed by atoms with Crippen molar-refractivity contribution in [1.82, 2.24) is 20.8 Å². The normalized spacial score (nSPS) is 13.0. The summed E-state index contributed by atoms with van der Waals surface area (Å²) in [4.78, 5) is 8.28. The molecule has 0 radical (unpaired) electrons. The number of hydrogen-bond donors (Lipinski definition) is 2. The van der Waals surface area contributed by atoms with E-state index in [-0.39, 0.29) is 6.04 Å². The van der Waals surface area contributed by atoms with E-state index in [1.54, 1.807) is 26.1 Å². The van der Waals surface area contributed by atoms with Gasteiger partial charge in [-0.3, -0.25) is 4.99 Å². The number of aromatic nitrogens is 2. The average molecular weight is 342 g/mol. The molecule has 0 saturated heterocycles. The van der Waals surface area contributed by atoms with E-state index in [9.17, 15) is 0 Å². The first-order valence-electron chi connectivity index (χ1n) is 6.71. The Labute approximate surface area is 138 Å². The first-order chi connectivity index (χ1) is 10.5. The lowest BCUT2D eigenvalue weighted by atomic mass is 10.1. The minimum Gasteiger partial charge on any atom is -0.350 e. The van der Waals surface area contributed by atoms with Crippen LogP contribution in [0.15, 0.2) is 27.7 Å². The van der Waals surface area contributed by atoms with Gasteiger partial charge in [-0.2, -0.15) is 4.98 Å². The van der Waals surface area contributed by atoms with Crippen LogP contribution in [-0.2, 0) is 6.54 Å². The van der Waals surface area contributed by atoms with Crippen molar-refractivity contribution in [2.45, 2.75) is 26.4 Å². The number of nitrogens with zero attached hydrogens (tertiary/aromatic N) is 3. The zero-order valence-electron chi connectivity index (χ0n) is 12.5. The number of aryl methyl sites for hydroxylation is 1. The fourth-order valence-electron chi connectivity index (χ4n) is 1.91. The SMILES string of the molecule is CN=C(NCc1noc(C)n1)NC(C)c1ccc(Cl)cc1Cl. The Balaban J connectivity index is 1.97. The summed E-state index contributed by atoms with van der Waals surface area (Å²) in [7, 11) is 1.69. The van der Waals surface area contributed by atoms with Crippen LogP contribution in [0.25, 0.3) is 0 Å². The molecule has 22 heavy (non-hydrogen) atoms. The van der Waals surface area contributed by atoms with Crippen LogP contribution in [0.1, 0.15) is 30.2 Å². The summed E-state index contributed by atoms with van der Waals surface area (Å²) in [5.74, 6) is 1.71. The molecule has 0 aliphatic heterocycles. The van der Waals surface area contributed by atoms with Crippen molar-refractivity contribution in [3.05, 3.63) is 45.5 Å². The summed E-state index contributed by atoms with van der Waals surface area (Å²) in [6, 6.07) is 5.37. The highest BCUT2D eigenvalue weighted by Crippen LogP contribution is 2.25. The van der Waals surface area contributed by atoms with Crippen molar-refractivity contribution < 1.29 is 4.52 Å². The Kier molecular flexibility index (Phi) is 5.63.